The molecule has 0 aliphatic carbocycles. The van der Waals surface area contributed by atoms with Crippen LogP contribution in [0.2, 0.25) is 0 Å². The lowest BCUT2D eigenvalue weighted by atomic mass is 10.1. The first-order chi connectivity index (χ1) is 7.61. The topological polar surface area (TPSA) is 40.5 Å². The maximum Gasteiger partial charge on any atom is 0.228 e. The van der Waals surface area contributed by atoms with Gasteiger partial charge in [0.2, 0.25) is 5.91 Å². The molecule has 1 aromatic carbocycles. The monoisotopic (exact) mass is 215 g/mol. The zero-order valence-corrected chi connectivity index (χ0v) is 9.10. The van der Waals surface area contributed by atoms with Crippen molar-refractivity contribution in [2.24, 2.45) is 5.92 Å². The summed E-state index contributed by atoms with van der Waals surface area (Å²) in [4.78, 5) is 13.3. The largest absolute Gasteiger partial charge is 0.508 e. The van der Waals surface area contributed by atoms with Gasteiger partial charge >= 0.3 is 0 Å². The molecule has 1 atom stereocenters. The molecule has 2 rings (SSSR count). The van der Waals surface area contributed by atoms with E-state index in [-0.39, 0.29) is 17.6 Å². The van der Waals surface area contributed by atoms with E-state index in [0.29, 0.717) is 18.7 Å². The van der Waals surface area contributed by atoms with E-state index in [1.54, 1.807) is 17.0 Å². The van der Waals surface area contributed by atoms with Gasteiger partial charge < -0.3 is 10.0 Å². The van der Waals surface area contributed by atoms with Gasteiger partial charge in [-0.3, -0.25) is 4.79 Å². The Hall–Kier alpha value is -1.95. The molecule has 1 aliphatic rings. The Balaban J connectivity index is 2.29. The summed E-state index contributed by atoms with van der Waals surface area (Å²) < 4.78 is 0. The van der Waals surface area contributed by atoms with Crippen molar-refractivity contribution in [1.82, 2.24) is 0 Å². The van der Waals surface area contributed by atoms with Crippen LogP contribution in [0.15, 0.2) is 18.2 Å². The lowest BCUT2D eigenvalue weighted by Gasteiger charge is -2.16. The fourth-order valence-electron chi connectivity index (χ4n) is 1.83. The summed E-state index contributed by atoms with van der Waals surface area (Å²) in [5, 5.41) is 9.59. The van der Waals surface area contributed by atoms with E-state index in [1.807, 2.05) is 13.0 Å². The molecule has 3 nitrogen and oxygen atoms in total. The number of rotatable bonds is 1. The van der Waals surface area contributed by atoms with Crippen LogP contribution in [0, 0.1) is 25.2 Å². The molecule has 0 radical (unpaired) electrons. The molecule has 1 heterocycles. The van der Waals surface area contributed by atoms with Gasteiger partial charge in [-0.05, 0) is 18.6 Å². The average molecular weight is 215 g/mol. The molecule has 0 bridgehead atoms. The number of carbonyl (C=O) groups is 1. The molecule has 1 N–H and O–H groups in total. The summed E-state index contributed by atoms with van der Waals surface area (Å²) in [7, 11) is 0. The zero-order valence-electron chi connectivity index (χ0n) is 9.10. The number of aromatic hydroxyl groups is 1. The van der Waals surface area contributed by atoms with Gasteiger partial charge in [0.1, 0.15) is 5.75 Å². The number of amides is 1. The first-order valence-corrected chi connectivity index (χ1v) is 5.18. The first kappa shape index (κ1) is 10.6. The molecule has 1 fully saturated rings. The molecule has 1 unspecified atom stereocenters. The summed E-state index contributed by atoms with van der Waals surface area (Å²) in [6.07, 6.45) is 5.71. The van der Waals surface area contributed by atoms with E-state index < -0.39 is 0 Å². The second kappa shape index (κ2) is 3.90. The summed E-state index contributed by atoms with van der Waals surface area (Å²) in [5.41, 5.74) is 1.51. The molecule has 1 saturated heterocycles. The van der Waals surface area contributed by atoms with Gasteiger partial charge in [-0.1, -0.05) is 6.07 Å². The minimum atomic E-state index is -0.0176. The fraction of sp³-hybridized carbons (Fsp3) is 0.308. The Kier molecular flexibility index (Phi) is 2.57. The number of nitrogens with zero attached hydrogens (tertiary/aromatic N) is 1. The van der Waals surface area contributed by atoms with E-state index in [2.05, 4.69) is 5.92 Å². The number of anilines is 1. The molecular weight excluding hydrogens is 202 g/mol. The van der Waals surface area contributed by atoms with E-state index in [0.717, 1.165) is 5.56 Å². The fourth-order valence-corrected chi connectivity index (χ4v) is 1.83. The molecule has 0 aromatic heterocycles. The van der Waals surface area contributed by atoms with Crippen molar-refractivity contribution in [3.63, 3.8) is 0 Å². The van der Waals surface area contributed by atoms with Gasteiger partial charge in [0.05, 0.1) is 0 Å². The maximum atomic E-state index is 11.7. The highest BCUT2D eigenvalue weighted by molar-refractivity contribution is 5.96. The van der Waals surface area contributed by atoms with Crippen LogP contribution in [-0.2, 0) is 4.79 Å². The Morgan fingerprint density at radius 3 is 2.88 bits per heavy atom. The van der Waals surface area contributed by atoms with Crippen molar-refractivity contribution < 1.29 is 9.90 Å². The molecule has 1 aromatic rings. The predicted octanol–water partition coefficient (Wildman–Crippen LogP) is 1.69. The standard InChI is InChI=1S/C13H13NO2/c1-3-10-6-13(16)14(8-10)11-5-4-9(2)12(15)7-11/h1,4-5,7,10,15H,6,8H2,2H3. The van der Waals surface area contributed by atoms with E-state index in [9.17, 15) is 9.90 Å². The molecule has 0 saturated carbocycles. The van der Waals surface area contributed by atoms with E-state index in [1.165, 1.54) is 0 Å². The number of benzene rings is 1. The highest BCUT2D eigenvalue weighted by Gasteiger charge is 2.29. The number of hydrogen-bond acceptors (Lipinski definition) is 2. The zero-order chi connectivity index (χ0) is 11.7. The van der Waals surface area contributed by atoms with E-state index in [4.69, 9.17) is 6.42 Å². The predicted molar refractivity (Wildman–Crippen MR) is 62.1 cm³/mol. The van der Waals surface area contributed by atoms with Crippen molar-refractivity contribution >= 4 is 11.6 Å². The Morgan fingerprint density at radius 2 is 2.31 bits per heavy atom. The summed E-state index contributed by atoms with van der Waals surface area (Å²) in [5.74, 6) is 2.80. The lowest BCUT2D eigenvalue weighted by molar-refractivity contribution is -0.117. The van der Waals surface area contributed by atoms with Crippen molar-refractivity contribution in [2.45, 2.75) is 13.3 Å². The van der Waals surface area contributed by atoms with Gasteiger partial charge in [-0.2, -0.15) is 0 Å². The van der Waals surface area contributed by atoms with Crippen LogP contribution in [0.4, 0.5) is 5.69 Å². The van der Waals surface area contributed by atoms with Gasteiger partial charge in [-0.15, -0.1) is 12.3 Å². The average Bonchev–Trinajstić information content (AvgIpc) is 2.64. The number of aryl methyl sites for hydroxylation is 1. The third kappa shape index (κ3) is 1.74. The second-order valence-corrected chi connectivity index (χ2v) is 4.04. The molecule has 1 amide bonds. The number of hydrogen-bond donors (Lipinski definition) is 1. The normalized spacial score (nSPS) is 19.9. The van der Waals surface area contributed by atoms with Crippen LogP contribution in [0.1, 0.15) is 12.0 Å². The number of phenols is 1. The summed E-state index contributed by atoms with van der Waals surface area (Å²) >= 11 is 0. The molecular formula is C13H13NO2. The summed E-state index contributed by atoms with van der Waals surface area (Å²) in [6, 6.07) is 5.22. The Labute approximate surface area is 94.7 Å². The second-order valence-electron chi connectivity index (χ2n) is 4.04. The molecule has 3 heteroatoms. The third-order valence-corrected chi connectivity index (χ3v) is 2.87. The summed E-state index contributed by atoms with van der Waals surface area (Å²) in [6.45, 7) is 2.35. The number of carbonyl (C=O) groups excluding carboxylic acids is 1. The van der Waals surface area contributed by atoms with Crippen molar-refractivity contribution in [2.75, 3.05) is 11.4 Å². The lowest BCUT2D eigenvalue weighted by Crippen LogP contribution is -2.24. The highest BCUT2D eigenvalue weighted by atomic mass is 16.3. The van der Waals surface area contributed by atoms with Crippen molar-refractivity contribution in [1.29, 1.82) is 0 Å². The van der Waals surface area contributed by atoms with E-state index >= 15 is 0 Å². The van der Waals surface area contributed by atoms with Crippen molar-refractivity contribution in [3.05, 3.63) is 23.8 Å². The quantitative estimate of drug-likeness (QED) is 0.724. The van der Waals surface area contributed by atoms with Crippen LogP contribution >= 0.6 is 0 Å². The minimum Gasteiger partial charge on any atom is -0.508 e. The molecule has 0 spiro atoms. The molecule has 82 valence electrons. The Bertz CT molecular complexity index is 473. The first-order valence-electron chi connectivity index (χ1n) is 5.18. The maximum absolute atomic E-state index is 11.7. The minimum absolute atomic E-state index is 0.0176. The van der Waals surface area contributed by atoms with Gasteiger partial charge in [0, 0.05) is 30.6 Å². The molecule has 1 aliphatic heterocycles. The SMILES string of the molecule is C#CC1CC(=O)N(c2ccc(C)c(O)c2)C1. The number of terminal acetylenes is 1. The number of phenolic OH excluding ortho intramolecular Hbond substituents is 1. The van der Waals surface area contributed by atoms with Crippen LogP contribution in [0.5, 0.6) is 5.75 Å². The third-order valence-electron chi connectivity index (χ3n) is 2.87. The van der Waals surface area contributed by atoms with Crippen LogP contribution in [0.25, 0.3) is 0 Å². The van der Waals surface area contributed by atoms with Crippen molar-refractivity contribution in [3.8, 4) is 18.1 Å². The van der Waals surface area contributed by atoms with Crippen LogP contribution in [-0.4, -0.2) is 17.6 Å². The van der Waals surface area contributed by atoms with Gasteiger partial charge in [0.25, 0.3) is 0 Å². The van der Waals surface area contributed by atoms with Crippen LogP contribution in [0.3, 0.4) is 0 Å². The van der Waals surface area contributed by atoms with Gasteiger partial charge in [-0.25, -0.2) is 0 Å². The smallest absolute Gasteiger partial charge is 0.228 e. The van der Waals surface area contributed by atoms with Gasteiger partial charge in [0.15, 0.2) is 0 Å². The Morgan fingerprint density at radius 1 is 1.56 bits per heavy atom. The highest BCUT2D eigenvalue weighted by Crippen LogP contribution is 2.28. The molecule has 16 heavy (non-hydrogen) atoms. The van der Waals surface area contributed by atoms with Crippen LogP contribution < -0.4 is 4.90 Å².